The monoisotopic (exact) mass is 304 g/mol. The van der Waals surface area contributed by atoms with Gasteiger partial charge in [0.05, 0.1) is 11.1 Å². The Morgan fingerprint density at radius 1 is 1.38 bits per heavy atom. The average molecular weight is 304 g/mol. The quantitative estimate of drug-likeness (QED) is 0.811. The molecule has 1 amide bonds. The molecule has 0 spiro atoms. The third-order valence-electron chi connectivity index (χ3n) is 3.84. The van der Waals surface area contributed by atoms with Gasteiger partial charge in [-0.3, -0.25) is 4.79 Å². The largest absolute Gasteiger partial charge is 0.419 e. The van der Waals surface area contributed by atoms with E-state index in [4.69, 9.17) is 5.73 Å². The number of likely N-dealkylation sites (tertiary alicyclic amines) is 1. The first-order chi connectivity index (χ1) is 9.71. The maximum atomic E-state index is 13.9. The van der Waals surface area contributed by atoms with Crippen molar-refractivity contribution >= 4 is 5.91 Å². The molecular weight excluding hydrogens is 288 g/mol. The molecule has 1 aromatic carbocycles. The third-order valence-corrected chi connectivity index (χ3v) is 3.84. The Bertz CT molecular complexity index is 544. The molecule has 1 heterocycles. The van der Waals surface area contributed by atoms with E-state index in [-0.39, 0.29) is 18.5 Å². The summed E-state index contributed by atoms with van der Waals surface area (Å²) < 4.78 is 51.9. The van der Waals surface area contributed by atoms with Crippen LogP contribution < -0.4 is 5.73 Å². The first-order valence-corrected chi connectivity index (χ1v) is 6.62. The summed E-state index contributed by atoms with van der Waals surface area (Å²) in [5.74, 6) is -2.05. The molecule has 1 fully saturated rings. The van der Waals surface area contributed by atoms with Gasteiger partial charge in [0.15, 0.2) is 0 Å². The van der Waals surface area contributed by atoms with Crippen LogP contribution in [0.15, 0.2) is 18.2 Å². The van der Waals surface area contributed by atoms with E-state index in [9.17, 15) is 22.4 Å². The Kier molecular flexibility index (Phi) is 4.22. The molecule has 116 valence electrons. The van der Waals surface area contributed by atoms with Crippen LogP contribution in [0, 0.1) is 11.7 Å². The van der Waals surface area contributed by atoms with E-state index in [0.29, 0.717) is 19.0 Å². The fraction of sp³-hybridized carbons (Fsp3) is 0.500. The van der Waals surface area contributed by atoms with Crippen molar-refractivity contribution in [3.05, 3.63) is 35.1 Å². The average Bonchev–Trinajstić information content (AvgIpc) is 2.40. The van der Waals surface area contributed by atoms with Crippen molar-refractivity contribution in [2.24, 2.45) is 11.7 Å². The lowest BCUT2D eigenvalue weighted by atomic mass is 9.93. The number of amides is 1. The van der Waals surface area contributed by atoms with E-state index >= 15 is 0 Å². The number of benzene rings is 1. The molecule has 21 heavy (non-hydrogen) atoms. The highest BCUT2D eigenvalue weighted by Crippen LogP contribution is 2.33. The number of carbonyl (C=O) groups excluding carboxylic acids is 1. The van der Waals surface area contributed by atoms with Crippen LogP contribution in [0.1, 0.15) is 29.3 Å². The van der Waals surface area contributed by atoms with Gasteiger partial charge in [-0.1, -0.05) is 13.0 Å². The lowest BCUT2D eigenvalue weighted by Crippen LogP contribution is -2.49. The maximum Gasteiger partial charge on any atom is 0.419 e. The smallest absolute Gasteiger partial charge is 0.337 e. The topological polar surface area (TPSA) is 46.3 Å². The minimum absolute atomic E-state index is 0.218. The SMILES string of the molecule is CC1CCN(C(=O)c2cccc(C(F)(F)F)c2F)CC1N. The van der Waals surface area contributed by atoms with Crippen LogP contribution in [-0.2, 0) is 6.18 Å². The number of carbonyl (C=O) groups is 1. The van der Waals surface area contributed by atoms with E-state index in [1.165, 1.54) is 4.90 Å². The summed E-state index contributed by atoms with van der Waals surface area (Å²) in [5, 5.41) is 0. The van der Waals surface area contributed by atoms with E-state index in [2.05, 4.69) is 0 Å². The summed E-state index contributed by atoms with van der Waals surface area (Å²) in [7, 11) is 0. The fourth-order valence-corrected chi connectivity index (χ4v) is 2.37. The van der Waals surface area contributed by atoms with Gasteiger partial charge in [0, 0.05) is 19.1 Å². The highest BCUT2D eigenvalue weighted by Gasteiger charge is 2.37. The van der Waals surface area contributed by atoms with Gasteiger partial charge >= 0.3 is 6.18 Å². The standard InChI is InChI=1S/C14H16F4N2O/c1-8-5-6-20(7-11(8)19)13(21)9-3-2-4-10(12(9)15)14(16,17)18/h2-4,8,11H,5-7,19H2,1H3. The number of nitrogens with two attached hydrogens (primary N) is 1. The molecule has 2 N–H and O–H groups in total. The van der Waals surface area contributed by atoms with Crippen molar-refractivity contribution in [1.29, 1.82) is 0 Å². The summed E-state index contributed by atoms with van der Waals surface area (Å²) in [6, 6.07) is 2.47. The van der Waals surface area contributed by atoms with Crippen molar-refractivity contribution < 1.29 is 22.4 Å². The van der Waals surface area contributed by atoms with Crippen LogP contribution in [0.2, 0.25) is 0 Å². The predicted molar refractivity (Wildman–Crippen MR) is 69.1 cm³/mol. The van der Waals surface area contributed by atoms with Gasteiger partial charge in [-0.15, -0.1) is 0 Å². The van der Waals surface area contributed by atoms with Crippen LogP contribution in [-0.4, -0.2) is 29.9 Å². The number of hydrogen-bond donors (Lipinski definition) is 1. The molecule has 1 saturated heterocycles. The van der Waals surface area contributed by atoms with E-state index in [0.717, 1.165) is 12.1 Å². The summed E-state index contributed by atoms with van der Waals surface area (Å²) in [6.07, 6.45) is -4.18. The summed E-state index contributed by atoms with van der Waals surface area (Å²) in [6.45, 7) is 2.52. The lowest BCUT2D eigenvalue weighted by molar-refractivity contribution is -0.140. The highest BCUT2D eigenvalue weighted by atomic mass is 19.4. The van der Waals surface area contributed by atoms with E-state index in [1.807, 2.05) is 6.92 Å². The Morgan fingerprint density at radius 2 is 2.05 bits per heavy atom. The number of halogens is 4. The van der Waals surface area contributed by atoms with Crippen LogP contribution in [0.4, 0.5) is 17.6 Å². The highest BCUT2D eigenvalue weighted by molar-refractivity contribution is 5.94. The van der Waals surface area contributed by atoms with Gasteiger partial charge < -0.3 is 10.6 Å². The van der Waals surface area contributed by atoms with Gasteiger partial charge in [0.1, 0.15) is 5.82 Å². The zero-order chi connectivity index (χ0) is 15.8. The second-order valence-corrected chi connectivity index (χ2v) is 5.35. The number of alkyl halides is 3. The Labute approximate surface area is 119 Å². The normalized spacial score (nSPS) is 23.2. The Balaban J connectivity index is 2.28. The van der Waals surface area contributed by atoms with Crippen molar-refractivity contribution in [2.45, 2.75) is 25.6 Å². The minimum atomic E-state index is -4.83. The first kappa shape index (κ1) is 15.8. The first-order valence-electron chi connectivity index (χ1n) is 6.62. The molecule has 1 aliphatic heterocycles. The molecule has 2 unspecified atom stereocenters. The summed E-state index contributed by atoms with van der Waals surface area (Å²) >= 11 is 0. The molecule has 0 aromatic heterocycles. The molecule has 1 aliphatic rings. The van der Waals surface area contributed by atoms with Crippen LogP contribution >= 0.6 is 0 Å². The van der Waals surface area contributed by atoms with Crippen molar-refractivity contribution in [1.82, 2.24) is 4.90 Å². The van der Waals surface area contributed by atoms with E-state index < -0.39 is 29.0 Å². The lowest BCUT2D eigenvalue weighted by Gasteiger charge is -2.35. The third kappa shape index (κ3) is 3.18. The van der Waals surface area contributed by atoms with Crippen LogP contribution in [0.25, 0.3) is 0 Å². The number of hydrogen-bond acceptors (Lipinski definition) is 2. The molecule has 0 radical (unpaired) electrons. The number of rotatable bonds is 1. The molecule has 0 bridgehead atoms. The van der Waals surface area contributed by atoms with Crippen LogP contribution in [0.3, 0.4) is 0 Å². The maximum absolute atomic E-state index is 13.9. The number of nitrogens with zero attached hydrogens (tertiary/aromatic N) is 1. The van der Waals surface area contributed by atoms with Gasteiger partial charge in [-0.25, -0.2) is 4.39 Å². The molecule has 7 heteroatoms. The van der Waals surface area contributed by atoms with Crippen molar-refractivity contribution in [3.8, 4) is 0 Å². The molecule has 1 aromatic rings. The molecule has 3 nitrogen and oxygen atoms in total. The van der Waals surface area contributed by atoms with Gasteiger partial charge in [-0.05, 0) is 24.5 Å². The Hall–Kier alpha value is -1.63. The molecule has 2 rings (SSSR count). The van der Waals surface area contributed by atoms with E-state index in [1.54, 1.807) is 0 Å². The van der Waals surface area contributed by atoms with Crippen molar-refractivity contribution in [3.63, 3.8) is 0 Å². The molecule has 2 atom stereocenters. The second kappa shape index (κ2) is 5.63. The predicted octanol–water partition coefficient (Wildman–Crippen LogP) is 2.65. The van der Waals surface area contributed by atoms with Gasteiger partial charge in [-0.2, -0.15) is 13.2 Å². The molecule has 0 aliphatic carbocycles. The Morgan fingerprint density at radius 3 is 2.62 bits per heavy atom. The zero-order valence-electron chi connectivity index (χ0n) is 11.5. The summed E-state index contributed by atoms with van der Waals surface area (Å²) in [4.78, 5) is 13.5. The molecule has 0 saturated carbocycles. The molecular formula is C14H16F4N2O. The van der Waals surface area contributed by atoms with Crippen LogP contribution in [0.5, 0.6) is 0 Å². The summed E-state index contributed by atoms with van der Waals surface area (Å²) in [5.41, 5.74) is 3.86. The number of piperidine rings is 1. The second-order valence-electron chi connectivity index (χ2n) is 5.35. The van der Waals surface area contributed by atoms with Gasteiger partial charge in [0.25, 0.3) is 5.91 Å². The fourth-order valence-electron chi connectivity index (χ4n) is 2.37. The van der Waals surface area contributed by atoms with Gasteiger partial charge in [0.2, 0.25) is 0 Å². The minimum Gasteiger partial charge on any atom is -0.337 e. The van der Waals surface area contributed by atoms with Crippen molar-refractivity contribution in [2.75, 3.05) is 13.1 Å². The zero-order valence-corrected chi connectivity index (χ0v) is 11.5.